The van der Waals surface area contributed by atoms with E-state index < -0.39 is 16.1 Å². The number of sulfonamides is 1. The molecule has 0 heterocycles. The van der Waals surface area contributed by atoms with Gasteiger partial charge in [0, 0.05) is 25.6 Å². The van der Waals surface area contributed by atoms with E-state index >= 15 is 0 Å². The predicted molar refractivity (Wildman–Crippen MR) is 142 cm³/mol. The second-order valence-corrected chi connectivity index (χ2v) is 11.1. The highest BCUT2D eigenvalue weighted by atomic mass is 32.2. The SMILES string of the molecule is CC[C@@H](C)NC(=O)[C@@H](C)N(Cc1ccccc1C)C(=O)CCCN(c1ccccc1C)S(C)(=O)=O. The van der Waals surface area contributed by atoms with Crippen LogP contribution >= 0.6 is 0 Å². The molecule has 2 amide bonds. The molecule has 2 rings (SSSR count). The lowest BCUT2D eigenvalue weighted by Crippen LogP contribution is -2.49. The van der Waals surface area contributed by atoms with Crippen LogP contribution in [0.4, 0.5) is 5.69 Å². The van der Waals surface area contributed by atoms with Crippen molar-refractivity contribution < 1.29 is 18.0 Å². The molecule has 35 heavy (non-hydrogen) atoms. The van der Waals surface area contributed by atoms with Gasteiger partial charge in [-0.3, -0.25) is 13.9 Å². The number of aryl methyl sites for hydroxylation is 2. The van der Waals surface area contributed by atoms with Gasteiger partial charge in [-0.1, -0.05) is 49.4 Å². The summed E-state index contributed by atoms with van der Waals surface area (Å²) < 4.78 is 26.3. The molecular weight excluding hydrogens is 462 g/mol. The summed E-state index contributed by atoms with van der Waals surface area (Å²) in [7, 11) is -3.51. The zero-order chi connectivity index (χ0) is 26.2. The van der Waals surface area contributed by atoms with Gasteiger partial charge in [0.05, 0.1) is 11.9 Å². The molecule has 192 valence electrons. The van der Waals surface area contributed by atoms with Crippen molar-refractivity contribution in [3.63, 3.8) is 0 Å². The number of carbonyl (C=O) groups excluding carboxylic acids is 2. The molecule has 0 saturated heterocycles. The van der Waals surface area contributed by atoms with E-state index in [2.05, 4.69) is 5.32 Å². The highest BCUT2D eigenvalue weighted by Gasteiger charge is 2.27. The van der Waals surface area contributed by atoms with Crippen molar-refractivity contribution in [2.75, 3.05) is 17.1 Å². The van der Waals surface area contributed by atoms with Gasteiger partial charge in [0.15, 0.2) is 0 Å². The highest BCUT2D eigenvalue weighted by molar-refractivity contribution is 7.92. The molecule has 0 aliphatic heterocycles. The van der Waals surface area contributed by atoms with E-state index in [0.717, 1.165) is 23.1 Å². The van der Waals surface area contributed by atoms with Crippen LogP contribution in [0.5, 0.6) is 0 Å². The average molecular weight is 502 g/mol. The molecule has 8 heteroatoms. The van der Waals surface area contributed by atoms with Crippen LogP contribution in [0.2, 0.25) is 0 Å². The molecule has 0 fully saturated rings. The lowest BCUT2D eigenvalue weighted by Gasteiger charge is -2.30. The average Bonchev–Trinajstić information content (AvgIpc) is 2.80. The van der Waals surface area contributed by atoms with Crippen LogP contribution in [0.25, 0.3) is 0 Å². The Kier molecular flexibility index (Phi) is 10.3. The number of nitrogens with one attached hydrogen (secondary N) is 1. The van der Waals surface area contributed by atoms with Crippen molar-refractivity contribution in [3.05, 3.63) is 65.2 Å². The first kappa shape index (κ1) is 28.4. The fourth-order valence-corrected chi connectivity index (χ4v) is 4.87. The van der Waals surface area contributed by atoms with Crippen LogP contribution in [0.15, 0.2) is 48.5 Å². The summed E-state index contributed by atoms with van der Waals surface area (Å²) in [6.07, 6.45) is 2.44. The number of carbonyl (C=O) groups is 2. The Labute approximate surface area is 210 Å². The zero-order valence-corrected chi connectivity index (χ0v) is 22.6. The monoisotopic (exact) mass is 501 g/mol. The third-order valence-corrected chi connectivity index (χ3v) is 7.49. The zero-order valence-electron chi connectivity index (χ0n) is 21.7. The fourth-order valence-electron chi connectivity index (χ4n) is 3.84. The van der Waals surface area contributed by atoms with Gasteiger partial charge in [0.1, 0.15) is 6.04 Å². The van der Waals surface area contributed by atoms with Crippen molar-refractivity contribution in [3.8, 4) is 0 Å². The molecule has 7 nitrogen and oxygen atoms in total. The van der Waals surface area contributed by atoms with Crippen LogP contribution in [-0.2, 0) is 26.2 Å². The van der Waals surface area contributed by atoms with Gasteiger partial charge in [-0.15, -0.1) is 0 Å². The molecule has 0 unspecified atom stereocenters. The Hall–Kier alpha value is -2.87. The first-order chi connectivity index (χ1) is 16.5. The number of amides is 2. The quantitative estimate of drug-likeness (QED) is 0.473. The number of rotatable bonds is 12. The second kappa shape index (κ2) is 12.7. The largest absolute Gasteiger partial charge is 0.352 e. The van der Waals surface area contributed by atoms with E-state index in [1.54, 1.807) is 24.0 Å². The summed E-state index contributed by atoms with van der Waals surface area (Å²) in [5.74, 6) is -0.378. The van der Waals surface area contributed by atoms with Crippen molar-refractivity contribution in [2.24, 2.45) is 0 Å². The molecule has 0 radical (unpaired) electrons. The number of hydrogen-bond acceptors (Lipinski definition) is 4. The summed E-state index contributed by atoms with van der Waals surface area (Å²) >= 11 is 0. The Morgan fingerprint density at radius 1 is 0.971 bits per heavy atom. The molecule has 0 aliphatic carbocycles. The van der Waals surface area contributed by atoms with Crippen LogP contribution in [0.1, 0.15) is 56.7 Å². The molecule has 0 bridgehead atoms. The summed E-state index contributed by atoms with van der Waals surface area (Å²) in [5, 5.41) is 2.97. The minimum atomic E-state index is -3.51. The molecule has 0 aliphatic rings. The minimum Gasteiger partial charge on any atom is -0.352 e. The third-order valence-electron chi connectivity index (χ3n) is 6.31. The maximum atomic E-state index is 13.4. The lowest BCUT2D eigenvalue weighted by molar-refractivity contribution is -0.140. The lowest BCUT2D eigenvalue weighted by atomic mass is 10.1. The standard InChI is InChI=1S/C27H39N3O4S/c1-7-22(4)28-27(32)23(5)29(19-24-15-10-8-13-20(24)2)26(31)17-12-18-30(35(6,33)34)25-16-11-9-14-21(25)3/h8-11,13-16,22-23H,7,12,17-19H2,1-6H3,(H,28,32)/t22-,23-/m1/s1. The smallest absolute Gasteiger partial charge is 0.242 e. The number of benzene rings is 2. The van der Waals surface area contributed by atoms with Gasteiger partial charge in [-0.25, -0.2) is 8.42 Å². The summed E-state index contributed by atoms with van der Waals surface area (Å²) in [6.45, 7) is 10.0. The van der Waals surface area contributed by atoms with Crippen LogP contribution in [0, 0.1) is 13.8 Å². The Morgan fingerprint density at radius 2 is 1.57 bits per heavy atom. The molecule has 0 aromatic heterocycles. The number of hydrogen-bond donors (Lipinski definition) is 1. The van der Waals surface area contributed by atoms with Gasteiger partial charge >= 0.3 is 0 Å². The van der Waals surface area contributed by atoms with E-state index in [9.17, 15) is 18.0 Å². The Morgan fingerprint density at radius 3 is 2.14 bits per heavy atom. The summed E-state index contributed by atoms with van der Waals surface area (Å²) in [6, 6.07) is 14.4. The van der Waals surface area contributed by atoms with Gasteiger partial charge in [0.2, 0.25) is 21.8 Å². The topological polar surface area (TPSA) is 86.8 Å². The fraction of sp³-hybridized carbons (Fsp3) is 0.481. The maximum absolute atomic E-state index is 13.4. The van der Waals surface area contributed by atoms with Crippen LogP contribution < -0.4 is 9.62 Å². The molecule has 0 spiro atoms. The normalized spacial score (nSPS) is 13.1. The Balaban J connectivity index is 2.20. The van der Waals surface area contributed by atoms with E-state index in [1.165, 1.54) is 10.6 Å². The summed E-state index contributed by atoms with van der Waals surface area (Å²) in [4.78, 5) is 27.8. The minimum absolute atomic E-state index is 0.0118. The van der Waals surface area contributed by atoms with E-state index in [4.69, 9.17) is 0 Å². The Bertz CT molecular complexity index is 1120. The van der Waals surface area contributed by atoms with Gasteiger partial charge < -0.3 is 10.2 Å². The number of para-hydroxylation sites is 1. The van der Waals surface area contributed by atoms with Crippen LogP contribution in [0.3, 0.4) is 0 Å². The van der Waals surface area contributed by atoms with E-state index in [-0.39, 0.29) is 30.8 Å². The van der Waals surface area contributed by atoms with Gasteiger partial charge in [-0.2, -0.15) is 0 Å². The maximum Gasteiger partial charge on any atom is 0.242 e. The predicted octanol–water partition coefficient (Wildman–Crippen LogP) is 4.18. The molecule has 2 aromatic carbocycles. The molecule has 2 aromatic rings. The van der Waals surface area contributed by atoms with Gasteiger partial charge in [0.25, 0.3) is 0 Å². The summed E-state index contributed by atoms with van der Waals surface area (Å²) in [5.41, 5.74) is 3.48. The van der Waals surface area contributed by atoms with E-state index in [0.29, 0.717) is 18.7 Å². The molecule has 1 N–H and O–H groups in total. The van der Waals surface area contributed by atoms with Crippen molar-refractivity contribution in [1.82, 2.24) is 10.2 Å². The molecule has 0 saturated carbocycles. The van der Waals surface area contributed by atoms with Crippen molar-refractivity contribution in [2.45, 2.75) is 72.5 Å². The van der Waals surface area contributed by atoms with Crippen LogP contribution in [-0.4, -0.2) is 50.0 Å². The first-order valence-electron chi connectivity index (χ1n) is 12.1. The van der Waals surface area contributed by atoms with Gasteiger partial charge in [-0.05, 0) is 63.3 Å². The second-order valence-electron chi connectivity index (χ2n) is 9.17. The van der Waals surface area contributed by atoms with Crippen molar-refractivity contribution >= 4 is 27.5 Å². The van der Waals surface area contributed by atoms with E-state index in [1.807, 2.05) is 64.1 Å². The molecular formula is C27H39N3O4S. The first-order valence-corrected chi connectivity index (χ1v) is 14.0. The number of anilines is 1. The number of nitrogens with zero attached hydrogens (tertiary/aromatic N) is 2. The molecule has 2 atom stereocenters. The van der Waals surface area contributed by atoms with Crippen molar-refractivity contribution in [1.29, 1.82) is 0 Å². The third kappa shape index (κ3) is 8.09. The highest BCUT2D eigenvalue weighted by Crippen LogP contribution is 2.23.